The van der Waals surface area contributed by atoms with Gasteiger partial charge in [-0.1, -0.05) is 6.92 Å². The second kappa shape index (κ2) is 6.12. The molecule has 2 heterocycles. The third kappa shape index (κ3) is 2.93. The van der Waals surface area contributed by atoms with Crippen LogP contribution >= 0.6 is 0 Å². The van der Waals surface area contributed by atoms with E-state index >= 15 is 0 Å². The van der Waals surface area contributed by atoms with Crippen molar-refractivity contribution >= 4 is 11.6 Å². The third-order valence-electron chi connectivity index (χ3n) is 3.51. The summed E-state index contributed by atoms with van der Waals surface area (Å²) in [6.07, 6.45) is 2.66. The van der Waals surface area contributed by atoms with Crippen LogP contribution in [-0.2, 0) is 4.74 Å². The van der Waals surface area contributed by atoms with Gasteiger partial charge in [0.15, 0.2) is 5.78 Å². The molecule has 2 unspecified atom stereocenters. The molecule has 104 valence electrons. The smallest absolute Gasteiger partial charge is 0.173 e. The Kier molecular flexibility index (Phi) is 4.50. The summed E-state index contributed by atoms with van der Waals surface area (Å²) in [7, 11) is 0. The van der Waals surface area contributed by atoms with E-state index in [1.807, 2.05) is 13.0 Å². The van der Waals surface area contributed by atoms with Gasteiger partial charge < -0.3 is 15.8 Å². The molecule has 19 heavy (non-hydrogen) atoms. The lowest BCUT2D eigenvalue weighted by atomic mass is 9.91. The van der Waals surface area contributed by atoms with E-state index in [1.165, 1.54) is 0 Å². The van der Waals surface area contributed by atoms with Gasteiger partial charge >= 0.3 is 0 Å². The number of rotatable bonds is 5. The van der Waals surface area contributed by atoms with Crippen LogP contribution in [0.15, 0.2) is 12.3 Å². The van der Waals surface area contributed by atoms with Gasteiger partial charge in [0.05, 0.1) is 24.7 Å². The number of carbonyl (C=O) groups excluding carboxylic acids is 1. The van der Waals surface area contributed by atoms with Gasteiger partial charge in [-0.25, -0.2) is 4.98 Å². The van der Waals surface area contributed by atoms with Crippen LogP contribution in [0.1, 0.15) is 29.3 Å². The van der Waals surface area contributed by atoms with Crippen molar-refractivity contribution in [1.82, 2.24) is 10.3 Å². The van der Waals surface area contributed by atoms with Crippen molar-refractivity contribution < 1.29 is 9.53 Å². The Bertz CT molecular complexity index is 442. The molecule has 1 aliphatic rings. The van der Waals surface area contributed by atoms with Crippen LogP contribution in [0.3, 0.4) is 0 Å². The molecule has 0 bridgehead atoms. The molecule has 0 radical (unpaired) electrons. The van der Waals surface area contributed by atoms with Gasteiger partial charge in [0.2, 0.25) is 0 Å². The van der Waals surface area contributed by atoms with Crippen molar-refractivity contribution in [3.63, 3.8) is 0 Å². The number of aromatic nitrogens is 1. The highest BCUT2D eigenvalue weighted by molar-refractivity contribution is 6.03. The van der Waals surface area contributed by atoms with E-state index in [9.17, 15) is 4.79 Å². The Labute approximate surface area is 113 Å². The third-order valence-corrected chi connectivity index (χ3v) is 3.51. The molecule has 1 aliphatic heterocycles. The first-order valence-electron chi connectivity index (χ1n) is 6.71. The lowest BCUT2D eigenvalue weighted by molar-refractivity contribution is 0.0891. The minimum atomic E-state index is -0.170. The molecule has 0 spiro atoms. The average Bonchev–Trinajstić information content (AvgIpc) is 2.84. The molecule has 1 fully saturated rings. The first kappa shape index (κ1) is 14.0. The maximum absolute atomic E-state index is 12.6. The van der Waals surface area contributed by atoms with Crippen molar-refractivity contribution in [2.45, 2.75) is 26.3 Å². The summed E-state index contributed by atoms with van der Waals surface area (Å²) < 4.78 is 5.44. The molecule has 1 aromatic rings. The number of ether oxygens (including phenoxy) is 1. The highest BCUT2D eigenvalue weighted by Gasteiger charge is 2.35. The molecule has 0 amide bonds. The van der Waals surface area contributed by atoms with E-state index in [1.54, 1.807) is 6.20 Å². The fraction of sp³-hybridized carbons (Fsp3) is 0.571. The number of ketones is 1. The number of nitrogens with one attached hydrogen (secondary N) is 1. The van der Waals surface area contributed by atoms with E-state index in [0.717, 1.165) is 18.5 Å². The molecule has 5 nitrogen and oxygen atoms in total. The maximum atomic E-state index is 12.6. The van der Waals surface area contributed by atoms with E-state index in [-0.39, 0.29) is 17.7 Å². The second-order valence-electron chi connectivity index (χ2n) is 4.96. The van der Waals surface area contributed by atoms with Gasteiger partial charge in [-0.05, 0) is 31.5 Å². The molecule has 0 aromatic carbocycles. The van der Waals surface area contributed by atoms with Crippen LogP contribution in [0.5, 0.6) is 0 Å². The number of hydrogen-bond donors (Lipinski definition) is 2. The van der Waals surface area contributed by atoms with E-state index in [0.29, 0.717) is 24.6 Å². The Morgan fingerprint density at radius 1 is 1.58 bits per heavy atom. The van der Waals surface area contributed by atoms with Crippen LogP contribution in [-0.4, -0.2) is 36.6 Å². The first-order valence-corrected chi connectivity index (χ1v) is 6.71. The van der Waals surface area contributed by atoms with Crippen LogP contribution in [0, 0.1) is 12.8 Å². The zero-order chi connectivity index (χ0) is 13.8. The number of anilines is 1. The van der Waals surface area contributed by atoms with Gasteiger partial charge in [0.1, 0.15) is 5.82 Å². The minimum absolute atomic E-state index is 0.0363. The van der Waals surface area contributed by atoms with Crippen molar-refractivity contribution in [2.75, 3.05) is 25.5 Å². The van der Waals surface area contributed by atoms with Crippen LogP contribution in [0.4, 0.5) is 5.82 Å². The van der Waals surface area contributed by atoms with E-state index in [2.05, 4.69) is 17.2 Å². The molecule has 1 saturated heterocycles. The normalized spacial score (nSPS) is 22.6. The Balaban J connectivity index is 2.18. The number of nitrogens with two attached hydrogens (primary N) is 1. The van der Waals surface area contributed by atoms with Gasteiger partial charge in [0.25, 0.3) is 0 Å². The van der Waals surface area contributed by atoms with Crippen LogP contribution in [0.25, 0.3) is 0 Å². The maximum Gasteiger partial charge on any atom is 0.173 e. The van der Waals surface area contributed by atoms with Crippen molar-refractivity contribution in [2.24, 2.45) is 5.92 Å². The van der Waals surface area contributed by atoms with E-state index in [4.69, 9.17) is 10.5 Å². The summed E-state index contributed by atoms with van der Waals surface area (Å²) in [6.45, 7) is 5.90. The Morgan fingerprint density at radius 3 is 3.05 bits per heavy atom. The quantitative estimate of drug-likeness (QED) is 0.780. The summed E-state index contributed by atoms with van der Waals surface area (Å²) in [5, 5.41) is 3.36. The topological polar surface area (TPSA) is 77.2 Å². The van der Waals surface area contributed by atoms with Gasteiger partial charge in [0, 0.05) is 12.2 Å². The molecule has 2 rings (SSSR count). The zero-order valence-corrected chi connectivity index (χ0v) is 11.5. The second-order valence-corrected chi connectivity index (χ2v) is 4.96. The molecule has 3 N–H and O–H groups in total. The molecule has 1 aromatic heterocycles. The fourth-order valence-corrected chi connectivity index (χ4v) is 2.43. The Morgan fingerprint density at radius 2 is 2.37 bits per heavy atom. The molecule has 2 atom stereocenters. The van der Waals surface area contributed by atoms with Crippen LogP contribution in [0.2, 0.25) is 0 Å². The molecular weight excluding hydrogens is 242 g/mol. The lowest BCUT2D eigenvalue weighted by Crippen LogP contribution is -2.40. The highest BCUT2D eigenvalue weighted by atomic mass is 16.5. The predicted octanol–water partition coefficient (Wildman–Crippen LogP) is 1.17. The number of nitrogen functional groups attached to an aromatic ring is 1. The monoisotopic (exact) mass is 263 g/mol. The van der Waals surface area contributed by atoms with Gasteiger partial charge in [-0.2, -0.15) is 0 Å². The van der Waals surface area contributed by atoms with Crippen molar-refractivity contribution in [1.29, 1.82) is 0 Å². The first-order chi connectivity index (χ1) is 9.15. The summed E-state index contributed by atoms with van der Waals surface area (Å²) in [5.41, 5.74) is 7.26. The highest BCUT2D eigenvalue weighted by Crippen LogP contribution is 2.24. The number of hydrogen-bond acceptors (Lipinski definition) is 5. The molecular formula is C14H21N3O2. The van der Waals surface area contributed by atoms with Crippen molar-refractivity contribution in [3.05, 3.63) is 23.4 Å². The predicted molar refractivity (Wildman–Crippen MR) is 74.1 cm³/mol. The zero-order valence-electron chi connectivity index (χ0n) is 11.5. The van der Waals surface area contributed by atoms with Gasteiger partial charge in [-0.3, -0.25) is 4.79 Å². The standard InChI is InChI=1S/C14H21N3O2/c1-3-5-16-11-8-19-7-10(11)13(18)12-9(2)4-6-17-14(12)15/h4,6,10-11,16H,3,5,7-8H2,1-2H3,(H2,15,17). The van der Waals surface area contributed by atoms with Crippen molar-refractivity contribution in [3.8, 4) is 0 Å². The minimum Gasteiger partial charge on any atom is -0.383 e. The Hall–Kier alpha value is -1.46. The summed E-state index contributed by atoms with van der Waals surface area (Å²) in [5.74, 6) is 0.178. The molecule has 0 saturated carbocycles. The number of pyridine rings is 1. The molecule has 5 heteroatoms. The fourth-order valence-electron chi connectivity index (χ4n) is 2.43. The lowest BCUT2D eigenvalue weighted by Gasteiger charge is -2.19. The SMILES string of the molecule is CCCNC1COCC1C(=O)c1c(C)ccnc1N. The number of nitrogens with zero attached hydrogens (tertiary/aromatic N) is 1. The summed E-state index contributed by atoms with van der Waals surface area (Å²) >= 11 is 0. The van der Waals surface area contributed by atoms with Gasteiger partial charge in [-0.15, -0.1) is 0 Å². The average molecular weight is 263 g/mol. The number of Topliss-reactive ketones (excluding diaryl/α,β-unsaturated/α-hetero) is 1. The summed E-state index contributed by atoms with van der Waals surface area (Å²) in [4.78, 5) is 16.6. The molecule has 0 aliphatic carbocycles. The number of carbonyl (C=O) groups is 1. The van der Waals surface area contributed by atoms with Crippen LogP contribution < -0.4 is 11.1 Å². The largest absolute Gasteiger partial charge is 0.383 e. The van der Waals surface area contributed by atoms with E-state index < -0.39 is 0 Å². The summed E-state index contributed by atoms with van der Waals surface area (Å²) in [6, 6.07) is 1.89. The number of aryl methyl sites for hydroxylation is 1.